The number of piperazine rings is 1. The highest BCUT2D eigenvalue weighted by Gasteiger charge is 2.21. The molecule has 1 aromatic heterocycles. The fourth-order valence-corrected chi connectivity index (χ4v) is 3.65. The van der Waals surface area contributed by atoms with E-state index >= 15 is 0 Å². The van der Waals surface area contributed by atoms with E-state index in [0.29, 0.717) is 23.3 Å². The summed E-state index contributed by atoms with van der Waals surface area (Å²) in [5, 5.41) is 11.7. The number of hydrogen-bond acceptors (Lipinski definition) is 4. The van der Waals surface area contributed by atoms with Gasteiger partial charge in [-0.15, -0.1) is 0 Å². The third kappa shape index (κ3) is 4.04. The summed E-state index contributed by atoms with van der Waals surface area (Å²) >= 11 is 0. The Balaban J connectivity index is 1.71. The first-order valence-electron chi connectivity index (χ1n) is 9.45. The van der Waals surface area contributed by atoms with Crippen molar-refractivity contribution in [2.24, 2.45) is 0 Å². The summed E-state index contributed by atoms with van der Waals surface area (Å²) in [6.45, 7) is 4.24. The van der Waals surface area contributed by atoms with Gasteiger partial charge in [0.15, 0.2) is 0 Å². The predicted molar refractivity (Wildman–Crippen MR) is 106 cm³/mol. The summed E-state index contributed by atoms with van der Waals surface area (Å²) in [7, 11) is 2.09. The van der Waals surface area contributed by atoms with Gasteiger partial charge in [-0.25, -0.2) is 13.8 Å². The Morgan fingerprint density at radius 3 is 2.36 bits per heavy atom. The summed E-state index contributed by atoms with van der Waals surface area (Å²) in [6.07, 6.45) is -0.724. The zero-order chi connectivity index (χ0) is 19.7. The Hall–Kier alpha value is -2.41. The van der Waals surface area contributed by atoms with Crippen LogP contribution in [-0.4, -0.2) is 59.7 Å². The lowest BCUT2D eigenvalue weighted by Crippen LogP contribution is -2.45. The molecule has 1 N–H and O–H groups in total. The van der Waals surface area contributed by atoms with Crippen LogP contribution in [0.15, 0.2) is 48.5 Å². The van der Waals surface area contributed by atoms with Crippen molar-refractivity contribution in [2.75, 3.05) is 39.8 Å². The van der Waals surface area contributed by atoms with Gasteiger partial charge >= 0.3 is 0 Å². The normalized spacial score (nSPS) is 17.1. The zero-order valence-electron chi connectivity index (χ0n) is 15.8. The Kier molecular flexibility index (Phi) is 5.35. The number of nitrogens with zero attached hydrogens (tertiary/aromatic N) is 3. The maximum atomic E-state index is 13.8. The third-order valence-electron chi connectivity index (χ3n) is 5.33. The van der Waals surface area contributed by atoms with E-state index in [1.807, 2.05) is 6.07 Å². The molecule has 0 radical (unpaired) electrons. The van der Waals surface area contributed by atoms with E-state index < -0.39 is 6.10 Å². The number of likely N-dealkylation sites (N-methyl/N-ethyl adjacent to an activating group) is 1. The second kappa shape index (κ2) is 7.91. The predicted octanol–water partition coefficient (Wildman–Crippen LogP) is 3.46. The second-order valence-electron chi connectivity index (χ2n) is 7.38. The fourth-order valence-electron chi connectivity index (χ4n) is 3.65. The van der Waals surface area contributed by atoms with E-state index in [9.17, 15) is 13.9 Å². The van der Waals surface area contributed by atoms with Crippen LogP contribution in [0.5, 0.6) is 0 Å². The molecule has 146 valence electrons. The Bertz CT molecular complexity index is 969. The highest BCUT2D eigenvalue weighted by atomic mass is 19.1. The molecule has 1 atom stereocenters. The van der Waals surface area contributed by atoms with Crippen molar-refractivity contribution < 1.29 is 13.9 Å². The lowest BCUT2D eigenvalue weighted by molar-refractivity contribution is 0.0812. The molecule has 2 aromatic carbocycles. The van der Waals surface area contributed by atoms with Crippen LogP contribution in [0.4, 0.5) is 8.78 Å². The van der Waals surface area contributed by atoms with Crippen LogP contribution in [0.3, 0.4) is 0 Å². The minimum absolute atomic E-state index is 0.328. The van der Waals surface area contributed by atoms with Crippen molar-refractivity contribution >= 4 is 10.9 Å². The number of aliphatic hydroxyl groups is 1. The lowest BCUT2D eigenvalue weighted by atomic mass is 9.99. The SMILES string of the molecule is CN1CCN(CC(O)c2cc(-c3ccc(F)cc3)nc3cc(F)ccc23)CC1. The van der Waals surface area contributed by atoms with Crippen LogP contribution in [0.1, 0.15) is 11.7 Å². The van der Waals surface area contributed by atoms with Gasteiger partial charge in [0.1, 0.15) is 11.6 Å². The molecule has 1 fully saturated rings. The smallest absolute Gasteiger partial charge is 0.125 e. The van der Waals surface area contributed by atoms with Crippen molar-refractivity contribution in [3.05, 3.63) is 65.7 Å². The average Bonchev–Trinajstić information content (AvgIpc) is 2.69. The summed E-state index contributed by atoms with van der Waals surface area (Å²) in [6, 6.07) is 12.3. The van der Waals surface area contributed by atoms with Gasteiger partial charge in [0.05, 0.1) is 17.3 Å². The van der Waals surface area contributed by atoms with Crippen molar-refractivity contribution in [3.63, 3.8) is 0 Å². The molecule has 4 nitrogen and oxygen atoms in total. The number of fused-ring (bicyclic) bond motifs is 1. The first-order chi connectivity index (χ1) is 13.5. The number of halogens is 2. The van der Waals surface area contributed by atoms with Gasteiger partial charge < -0.3 is 10.0 Å². The molecule has 4 rings (SSSR count). The number of rotatable bonds is 4. The summed E-state index contributed by atoms with van der Waals surface area (Å²) in [4.78, 5) is 9.04. The van der Waals surface area contributed by atoms with E-state index in [4.69, 9.17) is 0 Å². The van der Waals surface area contributed by atoms with Gasteiger partial charge in [-0.05, 0) is 55.1 Å². The molecular formula is C22H23F2N3O. The van der Waals surface area contributed by atoms with Crippen LogP contribution >= 0.6 is 0 Å². The molecule has 0 amide bonds. The molecule has 0 saturated carbocycles. The molecule has 3 aromatic rings. The van der Waals surface area contributed by atoms with Gasteiger partial charge in [0, 0.05) is 49.7 Å². The van der Waals surface area contributed by atoms with Crippen molar-refractivity contribution in [2.45, 2.75) is 6.10 Å². The highest BCUT2D eigenvalue weighted by molar-refractivity contribution is 5.85. The van der Waals surface area contributed by atoms with Crippen LogP contribution in [0.25, 0.3) is 22.2 Å². The van der Waals surface area contributed by atoms with Gasteiger partial charge in [-0.3, -0.25) is 4.90 Å². The summed E-state index contributed by atoms with van der Waals surface area (Å²) in [5.74, 6) is -0.707. The third-order valence-corrected chi connectivity index (χ3v) is 5.33. The number of benzene rings is 2. The first-order valence-corrected chi connectivity index (χ1v) is 9.45. The van der Waals surface area contributed by atoms with Crippen LogP contribution in [0.2, 0.25) is 0 Å². The maximum absolute atomic E-state index is 13.8. The largest absolute Gasteiger partial charge is 0.387 e. The van der Waals surface area contributed by atoms with Crippen molar-refractivity contribution in [1.82, 2.24) is 14.8 Å². The van der Waals surface area contributed by atoms with Gasteiger partial charge in [-0.1, -0.05) is 0 Å². The topological polar surface area (TPSA) is 39.6 Å². The Morgan fingerprint density at radius 2 is 1.64 bits per heavy atom. The number of aromatic nitrogens is 1. The van der Waals surface area contributed by atoms with Gasteiger partial charge in [0.2, 0.25) is 0 Å². The molecule has 1 aliphatic rings. The molecule has 0 bridgehead atoms. The summed E-state index contributed by atoms with van der Waals surface area (Å²) in [5.41, 5.74) is 2.50. The van der Waals surface area contributed by atoms with Crippen molar-refractivity contribution in [1.29, 1.82) is 0 Å². The van der Waals surface area contributed by atoms with E-state index in [0.717, 1.165) is 37.1 Å². The van der Waals surface area contributed by atoms with Gasteiger partial charge in [-0.2, -0.15) is 0 Å². The van der Waals surface area contributed by atoms with E-state index in [1.165, 1.54) is 24.3 Å². The van der Waals surface area contributed by atoms with E-state index in [2.05, 4.69) is 21.8 Å². The first kappa shape index (κ1) is 18.9. The highest BCUT2D eigenvalue weighted by Crippen LogP contribution is 2.30. The molecule has 28 heavy (non-hydrogen) atoms. The number of hydrogen-bond donors (Lipinski definition) is 1. The van der Waals surface area contributed by atoms with Crippen LogP contribution in [0, 0.1) is 11.6 Å². The minimum Gasteiger partial charge on any atom is -0.387 e. The van der Waals surface area contributed by atoms with E-state index in [-0.39, 0.29) is 11.6 Å². The molecule has 0 aliphatic carbocycles. The van der Waals surface area contributed by atoms with Crippen LogP contribution in [-0.2, 0) is 0 Å². The molecule has 1 unspecified atom stereocenters. The number of β-amino-alcohol motifs (C(OH)–C–C–N with tert-alkyl or cyclic N) is 1. The average molecular weight is 383 g/mol. The quantitative estimate of drug-likeness (QED) is 0.749. The monoisotopic (exact) mass is 383 g/mol. The molecule has 6 heteroatoms. The number of aliphatic hydroxyl groups excluding tert-OH is 1. The molecular weight excluding hydrogens is 360 g/mol. The second-order valence-corrected chi connectivity index (χ2v) is 7.38. The van der Waals surface area contributed by atoms with E-state index in [1.54, 1.807) is 18.2 Å². The molecule has 0 spiro atoms. The zero-order valence-corrected chi connectivity index (χ0v) is 15.8. The van der Waals surface area contributed by atoms with Gasteiger partial charge in [0.25, 0.3) is 0 Å². The Labute approximate surface area is 163 Å². The fraction of sp³-hybridized carbons (Fsp3) is 0.318. The summed E-state index contributed by atoms with van der Waals surface area (Å²) < 4.78 is 27.1. The lowest BCUT2D eigenvalue weighted by Gasteiger charge is -2.33. The van der Waals surface area contributed by atoms with Crippen molar-refractivity contribution in [3.8, 4) is 11.3 Å². The number of pyridine rings is 1. The Morgan fingerprint density at radius 1 is 0.964 bits per heavy atom. The molecule has 1 saturated heterocycles. The van der Waals surface area contributed by atoms with Crippen LogP contribution < -0.4 is 0 Å². The standard InChI is InChI=1S/C22H23F2N3O/c1-26-8-10-27(11-9-26)14-22(28)19-13-20(15-2-4-16(23)5-3-15)25-21-12-17(24)6-7-18(19)21/h2-7,12-13,22,28H,8-11,14H2,1H3. The molecule has 1 aliphatic heterocycles. The maximum Gasteiger partial charge on any atom is 0.125 e. The minimum atomic E-state index is -0.724. The molecule has 2 heterocycles.